The van der Waals surface area contributed by atoms with E-state index in [0.29, 0.717) is 23.6 Å². The zero-order valence-corrected chi connectivity index (χ0v) is 36.7. The number of nitrogens with zero attached hydrogens (tertiary/aromatic N) is 1. The SMILES string of the molecule is CC[C@@H](C(=O)C(C)(C)[C@H](CC(=O)O)O[Si](C)(C)C(C)(C)C)[C@@H](O[Si](C)(C)C(C)(C)C)[C@@H](C)CCCC(C)=CC[C@H](O)C(Cl)=Cc1ccccn1. The molecule has 5 atom stereocenters. The number of carbonyl (C=O) groups excluding carboxylic acids is 1. The maximum Gasteiger partial charge on any atom is 0.305 e. The second kappa shape index (κ2) is 18.9. The van der Waals surface area contributed by atoms with Gasteiger partial charge in [0.2, 0.25) is 0 Å². The third kappa shape index (κ3) is 13.7. The summed E-state index contributed by atoms with van der Waals surface area (Å²) in [7, 11) is -4.68. The van der Waals surface area contributed by atoms with Gasteiger partial charge in [-0.25, -0.2) is 0 Å². The molecule has 2 N–H and O–H groups in total. The molecule has 0 bridgehead atoms. The molecule has 0 spiro atoms. The number of Topliss-reactive ketones (excluding diaryl/α,β-unsaturated/α-hetero) is 1. The molecular weight excluding hydrogens is 682 g/mol. The second-order valence-electron chi connectivity index (χ2n) is 17.9. The van der Waals surface area contributed by atoms with Crippen molar-refractivity contribution in [1.29, 1.82) is 0 Å². The molecule has 286 valence electrons. The number of aromatic nitrogens is 1. The molecule has 10 heteroatoms. The Morgan fingerprint density at radius 3 is 2.02 bits per heavy atom. The first-order chi connectivity index (χ1) is 22.7. The van der Waals surface area contributed by atoms with Gasteiger partial charge in [0.25, 0.3) is 0 Å². The number of carboxylic acid groups (broad SMARTS) is 1. The summed E-state index contributed by atoms with van der Waals surface area (Å²) < 4.78 is 13.9. The minimum absolute atomic E-state index is 0.0150. The van der Waals surface area contributed by atoms with E-state index in [1.165, 1.54) is 5.57 Å². The number of allylic oxidation sites excluding steroid dienone is 1. The Labute approximate surface area is 311 Å². The van der Waals surface area contributed by atoms with Crippen molar-refractivity contribution in [1.82, 2.24) is 4.98 Å². The number of aliphatic carboxylic acids is 1. The van der Waals surface area contributed by atoms with E-state index in [4.69, 9.17) is 20.5 Å². The van der Waals surface area contributed by atoms with E-state index in [1.54, 1.807) is 12.3 Å². The smallest absolute Gasteiger partial charge is 0.305 e. The lowest BCUT2D eigenvalue weighted by Gasteiger charge is -2.47. The van der Waals surface area contributed by atoms with E-state index in [2.05, 4.69) is 86.6 Å². The van der Waals surface area contributed by atoms with Crippen molar-refractivity contribution in [2.75, 3.05) is 0 Å². The first-order valence-corrected chi connectivity index (χ1v) is 24.6. The van der Waals surface area contributed by atoms with Crippen LogP contribution in [0.4, 0.5) is 0 Å². The van der Waals surface area contributed by atoms with Crippen LogP contribution in [0.5, 0.6) is 0 Å². The average molecular weight is 753 g/mol. The van der Waals surface area contributed by atoms with Gasteiger partial charge in [0, 0.05) is 22.6 Å². The summed E-state index contributed by atoms with van der Waals surface area (Å²) in [6.07, 6.45) is 6.94. The minimum Gasteiger partial charge on any atom is -0.481 e. The van der Waals surface area contributed by atoms with Crippen molar-refractivity contribution >= 4 is 46.1 Å². The Bertz CT molecular complexity index is 1300. The maximum absolute atomic E-state index is 14.8. The average Bonchev–Trinajstić information content (AvgIpc) is 2.98. The molecule has 1 aromatic rings. The molecule has 0 saturated heterocycles. The van der Waals surface area contributed by atoms with Gasteiger partial charge in [0.15, 0.2) is 16.6 Å². The highest BCUT2D eigenvalue weighted by Gasteiger charge is 2.50. The monoisotopic (exact) mass is 751 g/mol. The molecule has 0 amide bonds. The lowest BCUT2D eigenvalue weighted by molar-refractivity contribution is -0.147. The third-order valence-corrected chi connectivity index (χ3v) is 20.5. The summed E-state index contributed by atoms with van der Waals surface area (Å²) in [5.74, 6) is -1.27. The molecular formula is C40H70ClNO6Si2. The molecule has 0 unspecified atom stereocenters. The highest BCUT2D eigenvalue weighted by atomic mass is 35.5. The molecule has 50 heavy (non-hydrogen) atoms. The van der Waals surface area contributed by atoms with Gasteiger partial charge in [0.05, 0.1) is 30.4 Å². The molecule has 0 fully saturated rings. The molecule has 7 nitrogen and oxygen atoms in total. The van der Waals surface area contributed by atoms with Crippen LogP contribution in [-0.4, -0.2) is 61.9 Å². The van der Waals surface area contributed by atoms with Gasteiger partial charge in [-0.05, 0) is 99.4 Å². The van der Waals surface area contributed by atoms with Crippen LogP contribution in [0, 0.1) is 17.3 Å². The third-order valence-electron chi connectivity index (χ3n) is 11.2. The first kappa shape index (κ1) is 46.4. The van der Waals surface area contributed by atoms with Gasteiger partial charge in [-0.2, -0.15) is 0 Å². The van der Waals surface area contributed by atoms with Crippen LogP contribution in [0.15, 0.2) is 41.1 Å². The van der Waals surface area contributed by atoms with Crippen molar-refractivity contribution in [3.63, 3.8) is 0 Å². The van der Waals surface area contributed by atoms with Crippen molar-refractivity contribution in [3.05, 3.63) is 46.8 Å². The van der Waals surface area contributed by atoms with Gasteiger partial charge < -0.3 is 19.1 Å². The number of aliphatic hydroxyl groups excluding tert-OH is 1. The molecule has 0 saturated carbocycles. The van der Waals surface area contributed by atoms with Gasteiger partial charge >= 0.3 is 5.97 Å². The summed E-state index contributed by atoms with van der Waals surface area (Å²) in [5.41, 5.74) is 0.841. The summed E-state index contributed by atoms with van der Waals surface area (Å²) in [6.45, 7) is 31.7. The van der Waals surface area contributed by atoms with Crippen molar-refractivity contribution in [3.8, 4) is 0 Å². The molecule has 1 rings (SSSR count). The van der Waals surface area contributed by atoms with Crippen LogP contribution < -0.4 is 0 Å². The minimum atomic E-state index is -2.39. The van der Waals surface area contributed by atoms with Gasteiger partial charge in [-0.3, -0.25) is 14.6 Å². The molecule has 0 aliphatic rings. The van der Waals surface area contributed by atoms with Crippen LogP contribution in [0.3, 0.4) is 0 Å². The number of carbonyl (C=O) groups is 2. The van der Waals surface area contributed by atoms with Crippen LogP contribution in [0.1, 0.15) is 120 Å². The number of hydrogen-bond donors (Lipinski definition) is 2. The van der Waals surface area contributed by atoms with Crippen LogP contribution in [0.25, 0.3) is 6.08 Å². The van der Waals surface area contributed by atoms with Crippen LogP contribution in [-0.2, 0) is 18.4 Å². The fraction of sp³-hybridized carbons (Fsp3) is 0.725. The number of carboxylic acids is 1. The molecule has 0 aliphatic carbocycles. The summed E-state index contributed by atoms with van der Waals surface area (Å²) in [4.78, 5) is 31.1. The fourth-order valence-corrected chi connectivity index (χ4v) is 8.62. The van der Waals surface area contributed by atoms with E-state index < -0.39 is 46.1 Å². The highest BCUT2D eigenvalue weighted by Crippen LogP contribution is 2.44. The lowest BCUT2D eigenvalue weighted by atomic mass is 9.71. The first-order valence-electron chi connectivity index (χ1n) is 18.4. The van der Waals surface area contributed by atoms with E-state index in [1.807, 2.05) is 45.0 Å². The number of rotatable bonds is 20. The fourth-order valence-electron chi connectivity index (χ4n) is 5.54. The van der Waals surface area contributed by atoms with Gasteiger partial charge in [-0.15, -0.1) is 0 Å². The Hall–Kier alpha value is -1.63. The van der Waals surface area contributed by atoms with E-state index in [-0.39, 0.29) is 34.3 Å². The molecule has 0 aromatic carbocycles. The zero-order chi connectivity index (χ0) is 38.9. The number of aliphatic hydroxyl groups is 1. The molecule has 1 heterocycles. The Morgan fingerprint density at radius 2 is 1.54 bits per heavy atom. The van der Waals surface area contributed by atoms with Crippen molar-refractivity contribution in [2.45, 2.75) is 169 Å². The molecule has 1 aromatic heterocycles. The van der Waals surface area contributed by atoms with Crippen LogP contribution >= 0.6 is 11.6 Å². The Kier molecular flexibility index (Phi) is 17.6. The standard InChI is InChI=1S/C40H70ClNO6Si2/c1-16-31(37(46)40(10,11)34(27-35(44)45)47-49(12,13)38(4,5)6)36(48-50(14,15)39(7,8)9)29(3)21-19-20-28(2)23-24-33(43)32(41)26-30-22-17-18-25-42-30/h17-18,22-23,25-26,29,31,33-34,36,43H,16,19-21,24,27H2,1-15H3,(H,44,45)/t29-,31+,33-,34-,36-/m0/s1. The van der Waals surface area contributed by atoms with Gasteiger partial charge in [0.1, 0.15) is 5.78 Å². The Balaban J connectivity index is 3.28. The summed E-state index contributed by atoms with van der Waals surface area (Å²) in [6, 6.07) is 5.55. The van der Waals surface area contributed by atoms with E-state index >= 15 is 0 Å². The lowest BCUT2D eigenvalue weighted by Crippen LogP contribution is -2.54. The Morgan fingerprint density at radius 1 is 0.980 bits per heavy atom. The predicted octanol–water partition coefficient (Wildman–Crippen LogP) is 11.0. The van der Waals surface area contributed by atoms with E-state index in [0.717, 1.165) is 19.3 Å². The second-order valence-corrected chi connectivity index (χ2v) is 27.8. The maximum atomic E-state index is 14.8. The topological polar surface area (TPSA) is 106 Å². The molecule has 0 radical (unpaired) electrons. The predicted molar refractivity (Wildman–Crippen MR) is 214 cm³/mol. The largest absolute Gasteiger partial charge is 0.481 e. The number of halogens is 1. The molecule has 0 aliphatic heterocycles. The summed E-state index contributed by atoms with van der Waals surface area (Å²) in [5, 5.41) is 20.7. The van der Waals surface area contributed by atoms with Crippen molar-refractivity contribution < 1.29 is 28.7 Å². The van der Waals surface area contributed by atoms with Gasteiger partial charge in [-0.1, -0.05) is 98.6 Å². The number of pyridine rings is 1. The summed E-state index contributed by atoms with van der Waals surface area (Å²) >= 11 is 6.38. The van der Waals surface area contributed by atoms with Crippen molar-refractivity contribution in [2.24, 2.45) is 17.3 Å². The quantitative estimate of drug-likeness (QED) is 0.101. The highest BCUT2D eigenvalue weighted by molar-refractivity contribution is 6.74. The number of hydrogen-bond acceptors (Lipinski definition) is 6. The zero-order valence-electron chi connectivity index (χ0n) is 33.9. The number of ketones is 1. The van der Waals surface area contributed by atoms with E-state index in [9.17, 15) is 19.8 Å². The normalized spacial score (nSPS) is 17.2. The van der Waals surface area contributed by atoms with Crippen LogP contribution in [0.2, 0.25) is 36.3 Å².